The lowest BCUT2D eigenvalue weighted by molar-refractivity contribution is 0.866. The van der Waals surface area contributed by atoms with E-state index in [2.05, 4.69) is 190 Å². The highest BCUT2D eigenvalue weighted by molar-refractivity contribution is 6.13. The Labute approximate surface area is 295 Å². The molecule has 0 aromatic heterocycles. The van der Waals surface area contributed by atoms with Crippen LogP contribution in [0.15, 0.2) is 158 Å². The molecule has 50 heavy (non-hydrogen) atoms. The van der Waals surface area contributed by atoms with E-state index in [1.807, 2.05) is 0 Å². The van der Waals surface area contributed by atoms with Crippen LogP contribution in [0.4, 0.5) is 17.1 Å². The van der Waals surface area contributed by atoms with Gasteiger partial charge in [0.2, 0.25) is 0 Å². The van der Waals surface area contributed by atoms with Crippen molar-refractivity contribution >= 4 is 38.6 Å². The zero-order valence-corrected chi connectivity index (χ0v) is 29.0. The molecule has 1 nitrogen and oxygen atoms in total. The SMILES string of the molecule is Cc1cccc(C)c1N(c1cccc(C(C)C)c1)c1ccc2cc3c(cc2c1)-c1cc2cc(-c4ccccc4)c(-c4ccccc4)cc2cc1-3. The van der Waals surface area contributed by atoms with Crippen molar-refractivity contribution < 1.29 is 0 Å². The van der Waals surface area contributed by atoms with E-state index in [4.69, 9.17) is 0 Å². The van der Waals surface area contributed by atoms with Gasteiger partial charge in [0.1, 0.15) is 0 Å². The summed E-state index contributed by atoms with van der Waals surface area (Å²) in [6, 6.07) is 58.5. The predicted molar refractivity (Wildman–Crippen MR) is 215 cm³/mol. The zero-order valence-electron chi connectivity index (χ0n) is 29.0. The lowest BCUT2D eigenvalue weighted by Crippen LogP contribution is -2.13. The molecule has 1 heteroatoms. The minimum absolute atomic E-state index is 0.454. The number of anilines is 3. The maximum atomic E-state index is 2.45. The van der Waals surface area contributed by atoms with Crippen molar-refractivity contribution in [3.63, 3.8) is 0 Å². The maximum absolute atomic E-state index is 2.45. The topological polar surface area (TPSA) is 3.24 Å². The molecule has 0 radical (unpaired) electrons. The van der Waals surface area contributed by atoms with E-state index in [0.29, 0.717) is 5.92 Å². The van der Waals surface area contributed by atoms with Crippen LogP contribution in [0.25, 0.3) is 66.1 Å². The molecule has 8 aromatic carbocycles. The van der Waals surface area contributed by atoms with Crippen LogP contribution >= 0.6 is 0 Å². The average molecular weight is 642 g/mol. The van der Waals surface area contributed by atoms with Crippen LogP contribution in [0.2, 0.25) is 0 Å². The van der Waals surface area contributed by atoms with Gasteiger partial charge in [-0.3, -0.25) is 0 Å². The second-order valence-corrected chi connectivity index (χ2v) is 14.1. The van der Waals surface area contributed by atoms with E-state index in [1.54, 1.807) is 0 Å². The van der Waals surface area contributed by atoms with Crippen LogP contribution in [0, 0.1) is 13.8 Å². The minimum Gasteiger partial charge on any atom is -0.310 e. The lowest BCUT2D eigenvalue weighted by Gasteiger charge is -2.30. The highest BCUT2D eigenvalue weighted by atomic mass is 15.1. The number of aryl methyl sites for hydroxylation is 2. The summed E-state index contributed by atoms with van der Waals surface area (Å²) in [6.45, 7) is 8.97. The van der Waals surface area contributed by atoms with Gasteiger partial charge in [0.05, 0.1) is 5.69 Å². The molecule has 0 aliphatic heterocycles. The molecule has 0 saturated heterocycles. The molecular formula is C49H39N. The van der Waals surface area contributed by atoms with Crippen LogP contribution in [0.1, 0.15) is 36.5 Å². The lowest BCUT2D eigenvalue weighted by atomic mass is 9.77. The molecule has 1 aliphatic carbocycles. The number of benzene rings is 8. The smallest absolute Gasteiger partial charge is 0.0519 e. The molecule has 9 rings (SSSR count). The Kier molecular flexibility index (Phi) is 7.18. The number of fused-ring (bicyclic) bond motifs is 6. The highest BCUT2D eigenvalue weighted by Crippen LogP contribution is 2.52. The second kappa shape index (κ2) is 11.9. The fraction of sp³-hybridized carbons (Fsp3) is 0.102. The molecule has 0 fully saturated rings. The average Bonchev–Trinajstić information content (AvgIpc) is 3.15. The first-order valence-corrected chi connectivity index (χ1v) is 17.7. The monoisotopic (exact) mass is 641 g/mol. The van der Waals surface area contributed by atoms with E-state index in [0.717, 1.165) is 0 Å². The van der Waals surface area contributed by atoms with Crippen molar-refractivity contribution in [2.45, 2.75) is 33.6 Å². The second-order valence-electron chi connectivity index (χ2n) is 14.1. The molecule has 1 aliphatic rings. The van der Waals surface area contributed by atoms with Crippen molar-refractivity contribution in [1.82, 2.24) is 0 Å². The summed E-state index contributed by atoms with van der Waals surface area (Å²) in [5, 5.41) is 5.07. The van der Waals surface area contributed by atoms with Gasteiger partial charge in [-0.2, -0.15) is 0 Å². The largest absolute Gasteiger partial charge is 0.310 e. The molecule has 0 amide bonds. The van der Waals surface area contributed by atoms with Gasteiger partial charge in [-0.1, -0.05) is 111 Å². The Morgan fingerprint density at radius 2 is 0.840 bits per heavy atom. The molecule has 0 atom stereocenters. The Morgan fingerprint density at radius 1 is 0.380 bits per heavy atom. The maximum Gasteiger partial charge on any atom is 0.0519 e. The molecule has 0 heterocycles. The zero-order chi connectivity index (χ0) is 33.9. The van der Waals surface area contributed by atoms with Crippen LogP contribution in [-0.2, 0) is 0 Å². The summed E-state index contributed by atoms with van der Waals surface area (Å²) in [5.74, 6) is 0.454. The Balaban J connectivity index is 1.18. The van der Waals surface area contributed by atoms with Crippen molar-refractivity contribution in [2.24, 2.45) is 0 Å². The third kappa shape index (κ3) is 5.01. The van der Waals surface area contributed by atoms with Crippen molar-refractivity contribution in [3.05, 3.63) is 174 Å². The molecule has 0 bridgehead atoms. The van der Waals surface area contributed by atoms with Crippen LogP contribution < -0.4 is 4.90 Å². The third-order valence-corrected chi connectivity index (χ3v) is 10.5. The molecule has 0 spiro atoms. The van der Waals surface area contributed by atoms with Gasteiger partial charge in [0.15, 0.2) is 0 Å². The first-order valence-electron chi connectivity index (χ1n) is 17.7. The summed E-state index contributed by atoms with van der Waals surface area (Å²) < 4.78 is 0. The van der Waals surface area contributed by atoms with Crippen LogP contribution in [-0.4, -0.2) is 0 Å². The molecule has 240 valence electrons. The fourth-order valence-electron chi connectivity index (χ4n) is 7.90. The Bertz CT molecular complexity index is 2560. The summed E-state index contributed by atoms with van der Waals surface area (Å²) in [6.07, 6.45) is 0. The normalized spacial score (nSPS) is 11.8. The Hall–Kier alpha value is -5.92. The number of nitrogens with zero attached hydrogens (tertiary/aromatic N) is 1. The first kappa shape index (κ1) is 30.2. The van der Waals surface area contributed by atoms with Gasteiger partial charge in [-0.25, -0.2) is 0 Å². The Morgan fingerprint density at radius 3 is 1.38 bits per heavy atom. The van der Waals surface area contributed by atoms with Crippen LogP contribution in [0.3, 0.4) is 0 Å². The quantitative estimate of drug-likeness (QED) is 0.175. The fourth-order valence-corrected chi connectivity index (χ4v) is 7.90. The third-order valence-electron chi connectivity index (χ3n) is 10.5. The summed E-state index contributed by atoms with van der Waals surface area (Å²) in [4.78, 5) is 2.45. The summed E-state index contributed by atoms with van der Waals surface area (Å²) >= 11 is 0. The predicted octanol–water partition coefficient (Wildman–Crippen LogP) is 14.2. The van der Waals surface area contributed by atoms with Gasteiger partial charge in [0, 0.05) is 11.4 Å². The standard InChI is InChI=1S/C49H39N/c1-31(2)36-19-12-20-41(23-36)50(49-32(3)13-11-14-33(49)4)42-22-21-37-25-45-46(28-38(37)24-42)48-30-40-27-44(35-17-9-6-10-18-35)43(26-39(40)29-47(45)48)34-15-7-5-8-16-34/h5-31H,1-4H3. The molecule has 8 aromatic rings. The number of para-hydroxylation sites is 1. The molecule has 0 unspecified atom stereocenters. The first-order chi connectivity index (χ1) is 24.4. The van der Waals surface area contributed by atoms with E-state index in [9.17, 15) is 0 Å². The van der Waals surface area contributed by atoms with E-state index < -0.39 is 0 Å². The van der Waals surface area contributed by atoms with E-state index in [-0.39, 0.29) is 0 Å². The molecule has 0 N–H and O–H groups in total. The minimum atomic E-state index is 0.454. The van der Waals surface area contributed by atoms with Gasteiger partial charge < -0.3 is 4.90 Å². The number of rotatable bonds is 6. The van der Waals surface area contributed by atoms with E-state index in [1.165, 1.54) is 99.8 Å². The number of hydrogen-bond donors (Lipinski definition) is 0. The van der Waals surface area contributed by atoms with E-state index >= 15 is 0 Å². The van der Waals surface area contributed by atoms with Crippen molar-refractivity contribution in [3.8, 4) is 44.5 Å². The number of hydrogen-bond acceptors (Lipinski definition) is 1. The highest BCUT2D eigenvalue weighted by Gasteiger charge is 2.25. The van der Waals surface area contributed by atoms with Gasteiger partial charge in [-0.05, 0) is 163 Å². The molecule has 0 saturated carbocycles. The summed E-state index contributed by atoms with van der Waals surface area (Å²) in [7, 11) is 0. The van der Waals surface area contributed by atoms with Gasteiger partial charge in [-0.15, -0.1) is 0 Å². The van der Waals surface area contributed by atoms with Gasteiger partial charge in [0.25, 0.3) is 0 Å². The van der Waals surface area contributed by atoms with Gasteiger partial charge >= 0.3 is 0 Å². The summed E-state index contributed by atoms with van der Waals surface area (Å²) in [5.41, 5.74) is 17.9. The van der Waals surface area contributed by atoms with Crippen molar-refractivity contribution in [1.29, 1.82) is 0 Å². The van der Waals surface area contributed by atoms with Crippen molar-refractivity contribution in [2.75, 3.05) is 4.90 Å². The molecular weight excluding hydrogens is 603 g/mol. The van der Waals surface area contributed by atoms with Crippen LogP contribution in [0.5, 0.6) is 0 Å².